The summed E-state index contributed by atoms with van der Waals surface area (Å²) in [6, 6.07) is 16.2. The van der Waals surface area contributed by atoms with E-state index < -0.39 is 22.0 Å². The van der Waals surface area contributed by atoms with Crippen molar-refractivity contribution >= 4 is 21.7 Å². The predicted molar refractivity (Wildman–Crippen MR) is 118 cm³/mol. The van der Waals surface area contributed by atoms with E-state index in [1.54, 1.807) is 19.1 Å². The number of pyridine rings is 1. The Morgan fingerprint density at radius 1 is 1.13 bits per heavy atom. The molecule has 3 aromatic rings. The van der Waals surface area contributed by atoms with Crippen molar-refractivity contribution in [2.24, 2.45) is 0 Å². The number of benzene rings is 2. The number of sulfonamides is 1. The van der Waals surface area contributed by atoms with Gasteiger partial charge >= 0.3 is 5.97 Å². The lowest BCUT2D eigenvalue weighted by Crippen LogP contribution is -2.35. The van der Waals surface area contributed by atoms with Gasteiger partial charge in [0, 0.05) is 11.9 Å². The van der Waals surface area contributed by atoms with Gasteiger partial charge < -0.3 is 9.84 Å². The normalized spacial score (nSPS) is 12.2. The molecule has 1 heterocycles. The van der Waals surface area contributed by atoms with Gasteiger partial charge in [0.1, 0.15) is 16.2 Å². The molecule has 162 valence electrons. The molecule has 0 aliphatic rings. The van der Waals surface area contributed by atoms with E-state index in [1.807, 2.05) is 37.3 Å². The van der Waals surface area contributed by atoms with Crippen molar-refractivity contribution in [3.63, 3.8) is 0 Å². The standard InChI is InChI=1S/C23H24N2O5S/c1-4-21(17-8-6-5-7-9-17)25(31(28,29)19-12-10-16(2)24-15-19)18-11-13-22(30-3)20(14-18)23(26)27/h5-15,21H,4H2,1-3H3,(H,26,27). The van der Waals surface area contributed by atoms with Crippen molar-refractivity contribution in [1.82, 2.24) is 4.98 Å². The van der Waals surface area contributed by atoms with Crippen LogP contribution in [0.5, 0.6) is 5.75 Å². The fraction of sp³-hybridized carbons (Fsp3) is 0.217. The monoisotopic (exact) mass is 440 g/mol. The number of aromatic nitrogens is 1. The first kappa shape index (κ1) is 22.3. The molecular weight excluding hydrogens is 416 g/mol. The summed E-state index contributed by atoms with van der Waals surface area (Å²) >= 11 is 0. The van der Waals surface area contributed by atoms with Crippen LogP contribution in [0.15, 0.2) is 71.8 Å². The molecule has 0 saturated heterocycles. The maximum Gasteiger partial charge on any atom is 0.339 e. The fourth-order valence-electron chi connectivity index (χ4n) is 3.42. The molecule has 7 nitrogen and oxygen atoms in total. The number of hydrogen-bond donors (Lipinski definition) is 1. The number of carboxylic acid groups (broad SMARTS) is 1. The summed E-state index contributed by atoms with van der Waals surface area (Å²) in [7, 11) is -2.69. The van der Waals surface area contributed by atoms with E-state index in [0.717, 1.165) is 5.56 Å². The van der Waals surface area contributed by atoms with Gasteiger partial charge in [0.2, 0.25) is 0 Å². The van der Waals surface area contributed by atoms with Gasteiger partial charge in [0.25, 0.3) is 10.0 Å². The Morgan fingerprint density at radius 3 is 2.39 bits per heavy atom. The second-order valence-electron chi connectivity index (χ2n) is 6.96. The lowest BCUT2D eigenvalue weighted by atomic mass is 10.0. The first-order chi connectivity index (χ1) is 14.8. The molecule has 0 amide bonds. The lowest BCUT2D eigenvalue weighted by molar-refractivity contribution is 0.0693. The van der Waals surface area contributed by atoms with Crippen LogP contribution in [-0.2, 0) is 10.0 Å². The fourth-order valence-corrected chi connectivity index (χ4v) is 5.07. The first-order valence-electron chi connectivity index (χ1n) is 9.73. The molecule has 0 saturated carbocycles. The van der Waals surface area contributed by atoms with Gasteiger partial charge in [-0.1, -0.05) is 37.3 Å². The van der Waals surface area contributed by atoms with Gasteiger partial charge in [-0.25, -0.2) is 13.2 Å². The van der Waals surface area contributed by atoms with Crippen molar-refractivity contribution in [3.8, 4) is 5.75 Å². The van der Waals surface area contributed by atoms with E-state index in [1.165, 1.54) is 35.8 Å². The first-order valence-corrected chi connectivity index (χ1v) is 11.2. The molecule has 0 aliphatic carbocycles. The number of aromatic carboxylic acids is 1. The Bertz CT molecular complexity index is 1160. The van der Waals surface area contributed by atoms with Crippen LogP contribution in [0.25, 0.3) is 0 Å². The molecule has 1 aromatic heterocycles. The molecular formula is C23H24N2O5S. The van der Waals surface area contributed by atoms with Crippen LogP contribution in [0.3, 0.4) is 0 Å². The summed E-state index contributed by atoms with van der Waals surface area (Å²) in [4.78, 5) is 15.9. The SMILES string of the molecule is CCC(c1ccccc1)N(c1ccc(OC)c(C(=O)O)c1)S(=O)(=O)c1ccc(C)nc1. The molecule has 0 bridgehead atoms. The highest BCUT2D eigenvalue weighted by Gasteiger charge is 2.33. The smallest absolute Gasteiger partial charge is 0.339 e. The number of carboxylic acids is 1. The van der Waals surface area contributed by atoms with E-state index >= 15 is 0 Å². The molecule has 1 atom stereocenters. The van der Waals surface area contributed by atoms with Crippen molar-refractivity contribution < 1.29 is 23.1 Å². The highest BCUT2D eigenvalue weighted by molar-refractivity contribution is 7.92. The van der Waals surface area contributed by atoms with E-state index in [9.17, 15) is 18.3 Å². The van der Waals surface area contributed by atoms with Crippen molar-refractivity contribution in [2.45, 2.75) is 31.2 Å². The predicted octanol–water partition coefficient (Wildman–Crippen LogP) is 4.44. The number of nitrogens with zero attached hydrogens (tertiary/aromatic N) is 2. The number of carbonyl (C=O) groups is 1. The number of methoxy groups -OCH3 is 1. The van der Waals surface area contributed by atoms with Gasteiger partial charge in [-0.15, -0.1) is 0 Å². The molecule has 1 N–H and O–H groups in total. The van der Waals surface area contributed by atoms with Crippen LogP contribution in [-0.4, -0.2) is 31.6 Å². The Balaban J connectivity index is 2.25. The second kappa shape index (κ2) is 9.18. The number of anilines is 1. The minimum Gasteiger partial charge on any atom is -0.496 e. The topological polar surface area (TPSA) is 96.8 Å². The maximum absolute atomic E-state index is 13.8. The summed E-state index contributed by atoms with van der Waals surface area (Å²) in [5.41, 5.74) is 1.60. The van der Waals surface area contributed by atoms with Gasteiger partial charge in [-0.2, -0.15) is 0 Å². The van der Waals surface area contributed by atoms with E-state index in [4.69, 9.17) is 4.74 Å². The van der Waals surface area contributed by atoms with Crippen molar-refractivity contribution in [3.05, 3.63) is 83.7 Å². The van der Waals surface area contributed by atoms with Crippen LogP contribution in [0.4, 0.5) is 5.69 Å². The van der Waals surface area contributed by atoms with Crippen LogP contribution in [0, 0.1) is 6.92 Å². The lowest BCUT2D eigenvalue weighted by Gasteiger charge is -2.33. The Labute approximate surface area is 182 Å². The van der Waals surface area contributed by atoms with Gasteiger partial charge in [0.15, 0.2) is 0 Å². The Morgan fingerprint density at radius 2 is 1.84 bits per heavy atom. The molecule has 31 heavy (non-hydrogen) atoms. The van der Waals surface area contributed by atoms with Crippen LogP contribution in [0.2, 0.25) is 0 Å². The van der Waals surface area contributed by atoms with E-state index in [2.05, 4.69) is 4.98 Å². The molecule has 0 aliphatic heterocycles. The van der Waals surface area contributed by atoms with Crippen LogP contribution in [0.1, 0.15) is 41.0 Å². The third-order valence-corrected chi connectivity index (χ3v) is 6.78. The highest BCUT2D eigenvalue weighted by Crippen LogP contribution is 2.37. The van der Waals surface area contributed by atoms with E-state index in [-0.39, 0.29) is 21.9 Å². The third-order valence-electron chi connectivity index (χ3n) is 4.96. The Hall–Kier alpha value is -3.39. The summed E-state index contributed by atoms with van der Waals surface area (Å²) in [6.45, 7) is 3.66. The van der Waals surface area contributed by atoms with Gasteiger partial charge in [-0.05, 0) is 49.2 Å². The highest BCUT2D eigenvalue weighted by atomic mass is 32.2. The number of aryl methyl sites for hydroxylation is 1. The summed E-state index contributed by atoms with van der Waals surface area (Å²) in [5.74, 6) is -1.06. The molecule has 0 fully saturated rings. The van der Waals surface area contributed by atoms with E-state index in [0.29, 0.717) is 12.1 Å². The van der Waals surface area contributed by atoms with Crippen LogP contribution >= 0.6 is 0 Å². The zero-order valence-corrected chi connectivity index (χ0v) is 18.3. The maximum atomic E-state index is 13.8. The molecule has 0 spiro atoms. The quantitative estimate of drug-likeness (QED) is 0.556. The third kappa shape index (κ3) is 4.54. The largest absolute Gasteiger partial charge is 0.496 e. The average Bonchev–Trinajstić information content (AvgIpc) is 2.77. The summed E-state index contributed by atoms with van der Waals surface area (Å²) in [6.07, 6.45) is 1.79. The molecule has 2 aromatic carbocycles. The molecule has 0 radical (unpaired) electrons. The average molecular weight is 441 g/mol. The van der Waals surface area contributed by atoms with Gasteiger partial charge in [-0.3, -0.25) is 9.29 Å². The number of hydrogen-bond acceptors (Lipinski definition) is 5. The minimum atomic E-state index is -4.06. The van der Waals surface area contributed by atoms with Crippen LogP contribution < -0.4 is 9.04 Å². The van der Waals surface area contributed by atoms with Gasteiger partial charge in [0.05, 0.1) is 18.8 Å². The minimum absolute atomic E-state index is 0.0279. The second-order valence-corrected chi connectivity index (χ2v) is 8.78. The zero-order valence-electron chi connectivity index (χ0n) is 17.5. The summed E-state index contributed by atoms with van der Waals surface area (Å²) < 4.78 is 33.9. The zero-order chi connectivity index (χ0) is 22.6. The van der Waals surface area contributed by atoms with Crippen molar-refractivity contribution in [2.75, 3.05) is 11.4 Å². The van der Waals surface area contributed by atoms with Crippen molar-refractivity contribution in [1.29, 1.82) is 0 Å². The summed E-state index contributed by atoms with van der Waals surface area (Å²) in [5, 5.41) is 9.61. The number of rotatable bonds is 8. The molecule has 8 heteroatoms. The Kier molecular flexibility index (Phi) is 6.60. The molecule has 1 unspecified atom stereocenters. The molecule has 3 rings (SSSR count). The number of ether oxygens (including phenoxy) is 1.